The number of fused-ring (bicyclic) bond motifs is 5. The molecule has 4 N–H and O–H groups in total. The Hall–Kier alpha value is -1.08. The van der Waals surface area contributed by atoms with Crippen LogP contribution in [0.1, 0.15) is 52.4 Å². The number of ketones is 2. The predicted octanol–water partition coefficient (Wildman–Crippen LogP) is 1.25. The van der Waals surface area contributed by atoms with E-state index in [2.05, 4.69) is 6.92 Å². The smallest absolute Gasteiger partial charge is 0.159 e. The van der Waals surface area contributed by atoms with E-state index in [1.165, 1.54) is 0 Å². The number of carbonyl (C=O) groups excluding carboxylic acids is 2. The molecule has 0 bridgehead atoms. The summed E-state index contributed by atoms with van der Waals surface area (Å²) in [5.41, 5.74) is 0.118. The molecule has 0 heterocycles. The number of aliphatic hydroxyl groups excluding tert-OH is 4. The van der Waals surface area contributed by atoms with Crippen molar-refractivity contribution in [2.75, 3.05) is 13.2 Å². The molecule has 6 nitrogen and oxygen atoms in total. The largest absolute Gasteiger partial charge is 0.394 e. The van der Waals surface area contributed by atoms with Crippen molar-refractivity contribution in [2.45, 2.75) is 64.6 Å². The Balaban J connectivity index is 1.70. The third-order valence-electron chi connectivity index (χ3n) is 9.14. The van der Waals surface area contributed by atoms with Crippen molar-refractivity contribution in [3.05, 3.63) is 11.6 Å². The van der Waals surface area contributed by atoms with E-state index in [0.29, 0.717) is 12.8 Å². The average molecular weight is 407 g/mol. The summed E-state index contributed by atoms with van der Waals surface area (Å²) in [7, 11) is 0. The highest BCUT2D eigenvalue weighted by atomic mass is 16.3. The van der Waals surface area contributed by atoms with Gasteiger partial charge in [-0.1, -0.05) is 19.4 Å². The highest BCUT2D eigenvalue weighted by Crippen LogP contribution is 2.65. The zero-order valence-electron chi connectivity index (χ0n) is 17.4. The molecule has 0 aliphatic heterocycles. The van der Waals surface area contributed by atoms with E-state index in [1.54, 1.807) is 6.08 Å². The maximum atomic E-state index is 13.5. The monoisotopic (exact) mass is 406 g/mol. The molecule has 4 rings (SSSR count). The van der Waals surface area contributed by atoms with Crippen LogP contribution in [0.2, 0.25) is 0 Å². The molecule has 4 unspecified atom stereocenters. The van der Waals surface area contributed by atoms with Crippen molar-refractivity contribution < 1.29 is 30.0 Å². The van der Waals surface area contributed by atoms with Gasteiger partial charge in [-0.05, 0) is 66.8 Å². The van der Waals surface area contributed by atoms with E-state index in [-0.39, 0.29) is 59.8 Å². The van der Waals surface area contributed by atoms with Gasteiger partial charge in [-0.15, -0.1) is 0 Å². The van der Waals surface area contributed by atoms with Crippen LogP contribution in [0.5, 0.6) is 0 Å². The summed E-state index contributed by atoms with van der Waals surface area (Å²) in [5.74, 6) is -0.791. The minimum Gasteiger partial charge on any atom is -0.394 e. The molecular formula is C23H34O6. The fourth-order valence-electron chi connectivity index (χ4n) is 7.52. The summed E-state index contributed by atoms with van der Waals surface area (Å²) in [6, 6.07) is 0. The minimum absolute atomic E-state index is 0.00465. The molecule has 0 aromatic rings. The van der Waals surface area contributed by atoms with Crippen LogP contribution in [0.15, 0.2) is 11.6 Å². The van der Waals surface area contributed by atoms with Crippen molar-refractivity contribution in [3.8, 4) is 0 Å². The number of allylic oxidation sites excluding steroid dienone is 2. The lowest BCUT2D eigenvalue weighted by molar-refractivity contribution is -0.154. The predicted molar refractivity (Wildman–Crippen MR) is 106 cm³/mol. The van der Waals surface area contributed by atoms with Crippen LogP contribution in [-0.2, 0) is 9.59 Å². The second-order valence-corrected chi connectivity index (χ2v) is 10.4. The Bertz CT molecular complexity index is 731. The standard InChI is InChI=1S/C23H34O6/c1-22-6-5-12(18(28)10-24)7-13(22)8-16(26)20-15-4-3-14(19(29)11-25)23(15,2)9-17(27)21(20)22/h8,12,14-15,18-21,24-25,28-29H,3-7,9-11H2,1-2H3/t12?,14?,15-,18?,19?,20+,21+,22-,23+/m0/s1. The fraction of sp³-hybridized carbons (Fsp3) is 0.826. The molecule has 4 aliphatic carbocycles. The number of aliphatic hydroxyl groups is 4. The van der Waals surface area contributed by atoms with Crippen LogP contribution in [0, 0.1) is 40.4 Å². The molecule has 0 aromatic carbocycles. The Morgan fingerprint density at radius 2 is 1.76 bits per heavy atom. The first-order valence-electron chi connectivity index (χ1n) is 11.0. The molecule has 0 radical (unpaired) electrons. The normalized spacial score (nSPS) is 46.4. The van der Waals surface area contributed by atoms with Gasteiger partial charge in [0, 0.05) is 18.3 Å². The van der Waals surface area contributed by atoms with Crippen LogP contribution in [0.3, 0.4) is 0 Å². The number of rotatable bonds is 4. The zero-order chi connectivity index (χ0) is 21.1. The molecule has 162 valence electrons. The van der Waals surface area contributed by atoms with Gasteiger partial charge < -0.3 is 20.4 Å². The fourth-order valence-corrected chi connectivity index (χ4v) is 7.52. The number of carbonyl (C=O) groups is 2. The molecule has 0 spiro atoms. The lowest BCUT2D eigenvalue weighted by Crippen LogP contribution is -2.58. The van der Waals surface area contributed by atoms with Gasteiger partial charge in [-0.25, -0.2) is 0 Å². The summed E-state index contributed by atoms with van der Waals surface area (Å²) in [5, 5.41) is 39.3. The number of Topliss-reactive ketones (excluding diaryl/α,β-unsaturated/α-hetero) is 1. The topological polar surface area (TPSA) is 115 Å². The molecule has 29 heavy (non-hydrogen) atoms. The van der Waals surface area contributed by atoms with Crippen molar-refractivity contribution >= 4 is 11.6 Å². The second-order valence-electron chi connectivity index (χ2n) is 10.4. The van der Waals surface area contributed by atoms with E-state index in [0.717, 1.165) is 31.3 Å². The first-order valence-corrected chi connectivity index (χ1v) is 11.0. The Morgan fingerprint density at radius 1 is 1.07 bits per heavy atom. The van der Waals surface area contributed by atoms with Gasteiger partial charge in [0.05, 0.1) is 25.4 Å². The van der Waals surface area contributed by atoms with Gasteiger partial charge >= 0.3 is 0 Å². The number of hydrogen-bond donors (Lipinski definition) is 4. The van der Waals surface area contributed by atoms with Crippen molar-refractivity contribution in [2.24, 2.45) is 40.4 Å². The zero-order valence-corrected chi connectivity index (χ0v) is 17.4. The van der Waals surface area contributed by atoms with Crippen LogP contribution in [0.4, 0.5) is 0 Å². The molecular weight excluding hydrogens is 372 g/mol. The van der Waals surface area contributed by atoms with E-state index in [1.807, 2.05) is 6.92 Å². The van der Waals surface area contributed by atoms with Crippen molar-refractivity contribution in [1.82, 2.24) is 0 Å². The summed E-state index contributed by atoms with van der Waals surface area (Å²) < 4.78 is 0. The van der Waals surface area contributed by atoms with E-state index < -0.39 is 17.6 Å². The highest BCUT2D eigenvalue weighted by molar-refractivity contribution is 6.00. The lowest BCUT2D eigenvalue weighted by Gasteiger charge is -2.56. The minimum atomic E-state index is -0.856. The summed E-state index contributed by atoms with van der Waals surface area (Å²) in [6.07, 6.45) is 3.95. The third kappa shape index (κ3) is 2.98. The maximum absolute atomic E-state index is 13.5. The van der Waals surface area contributed by atoms with Crippen LogP contribution in [-0.4, -0.2) is 57.4 Å². The SMILES string of the molecule is C[C@]12CCC(C(O)CO)CC1=CC(=O)[C@@H]1[C@H]2C(=O)C[C@]2(C)C(C(O)CO)CC[C@@H]12. The molecule has 0 amide bonds. The third-order valence-corrected chi connectivity index (χ3v) is 9.14. The maximum Gasteiger partial charge on any atom is 0.159 e. The second kappa shape index (κ2) is 7.26. The first kappa shape index (κ1) is 21.2. The van der Waals surface area contributed by atoms with Crippen LogP contribution in [0.25, 0.3) is 0 Å². The summed E-state index contributed by atoms with van der Waals surface area (Å²) in [4.78, 5) is 26.8. The van der Waals surface area contributed by atoms with E-state index in [4.69, 9.17) is 0 Å². The van der Waals surface area contributed by atoms with Gasteiger partial charge in [0.15, 0.2) is 5.78 Å². The molecule has 0 saturated heterocycles. The van der Waals surface area contributed by atoms with Crippen molar-refractivity contribution in [3.63, 3.8) is 0 Å². The van der Waals surface area contributed by atoms with Gasteiger partial charge in [0.25, 0.3) is 0 Å². The van der Waals surface area contributed by atoms with E-state index in [9.17, 15) is 30.0 Å². The van der Waals surface area contributed by atoms with Gasteiger partial charge in [-0.2, -0.15) is 0 Å². The molecule has 3 fully saturated rings. The van der Waals surface area contributed by atoms with Gasteiger partial charge in [-0.3, -0.25) is 9.59 Å². The Kier molecular flexibility index (Phi) is 5.30. The summed E-state index contributed by atoms with van der Waals surface area (Å²) in [6.45, 7) is 3.51. The Labute approximate surface area is 172 Å². The highest BCUT2D eigenvalue weighted by Gasteiger charge is 2.64. The number of hydrogen-bond acceptors (Lipinski definition) is 6. The van der Waals surface area contributed by atoms with Gasteiger partial charge in [0.2, 0.25) is 0 Å². The van der Waals surface area contributed by atoms with Crippen LogP contribution >= 0.6 is 0 Å². The quantitative estimate of drug-likeness (QED) is 0.559. The summed E-state index contributed by atoms with van der Waals surface area (Å²) >= 11 is 0. The molecule has 9 atom stereocenters. The molecule has 4 aliphatic rings. The molecule has 3 saturated carbocycles. The lowest BCUT2D eigenvalue weighted by atomic mass is 9.46. The molecule has 0 aromatic heterocycles. The van der Waals surface area contributed by atoms with Crippen LogP contribution < -0.4 is 0 Å². The van der Waals surface area contributed by atoms with Crippen molar-refractivity contribution in [1.29, 1.82) is 0 Å². The first-order chi connectivity index (χ1) is 13.7. The average Bonchev–Trinajstić information content (AvgIpc) is 3.03. The Morgan fingerprint density at radius 3 is 2.41 bits per heavy atom. The molecule has 6 heteroatoms. The van der Waals surface area contributed by atoms with Gasteiger partial charge in [0.1, 0.15) is 5.78 Å². The van der Waals surface area contributed by atoms with E-state index >= 15 is 0 Å².